The number of thiazole rings is 1. The molecule has 160 valence electrons. The number of pyridine rings is 1. The number of para-hydroxylation sites is 1. The van der Waals surface area contributed by atoms with Gasteiger partial charge in [0.1, 0.15) is 11.3 Å². The van der Waals surface area contributed by atoms with E-state index in [1.807, 2.05) is 0 Å². The standard InChI is InChI=1S/C23H15F2N3O3S/c1-30-17-7-4-5-13-9-18(31-21(13)17)22(29)28(12-15-6-2-3-8-26-15)23-27-20-16(25)10-14(24)11-19(20)32-23/h2-11H,12H2,1H3. The Kier molecular flexibility index (Phi) is 5.02. The van der Waals surface area contributed by atoms with Crippen LogP contribution in [0, 0.1) is 11.6 Å². The number of carbonyl (C=O) groups excluding carboxylic acids is 1. The van der Waals surface area contributed by atoms with Gasteiger partial charge in [-0.25, -0.2) is 13.8 Å². The molecule has 0 aliphatic rings. The summed E-state index contributed by atoms with van der Waals surface area (Å²) in [6.45, 7) is 0.0672. The molecule has 0 spiro atoms. The van der Waals surface area contributed by atoms with Gasteiger partial charge in [-0.1, -0.05) is 29.5 Å². The van der Waals surface area contributed by atoms with Gasteiger partial charge in [-0.15, -0.1) is 0 Å². The first-order valence-electron chi connectivity index (χ1n) is 9.57. The van der Waals surface area contributed by atoms with E-state index in [4.69, 9.17) is 9.15 Å². The molecule has 0 fully saturated rings. The number of furan rings is 1. The Hall–Kier alpha value is -3.85. The molecule has 0 radical (unpaired) electrons. The molecule has 0 saturated carbocycles. The summed E-state index contributed by atoms with van der Waals surface area (Å²) < 4.78 is 39.4. The number of rotatable bonds is 5. The fourth-order valence-corrected chi connectivity index (χ4v) is 4.38. The lowest BCUT2D eigenvalue weighted by Gasteiger charge is -2.18. The molecular formula is C23H15F2N3O3S. The number of ether oxygens (including phenoxy) is 1. The molecule has 5 rings (SSSR count). The van der Waals surface area contributed by atoms with E-state index in [0.717, 1.165) is 17.4 Å². The highest BCUT2D eigenvalue weighted by molar-refractivity contribution is 7.22. The summed E-state index contributed by atoms with van der Waals surface area (Å²) in [5, 5.41) is 0.899. The molecule has 32 heavy (non-hydrogen) atoms. The number of hydrogen-bond acceptors (Lipinski definition) is 6. The Labute approximate surface area is 184 Å². The van der Waals surface area contributed by atoms with E-state index >= 15 is 0 Å². The second-order valence-electron chi connectivity index (χ2n) is 6.93. The lowest BCUT2D eigenvalue weighted by Crippen LogP contribution is -2.30. The second kappa shape index (κ2) is 8.01. The minimum atomic E-state index is -0.791. The van der Waals surface area contributed by atoms with Crippen LogP contribution >= 0.6 is 11.3 Å². The summed E-state index contributed by atoms with van der Waals surface area (Å²) in [4.78, 5) is 23.4. The van der Waals surface area contributed by atoms with E-state index in [-0.39, 0.29) is 23.0 Å². The first kappa shape index (κ1) is 20.1. The van der Waals surface area contributed by atoms with Crippen LogP contribution in [0.3, 0.4) is 0 Å². The Morgan fingerprint density at radius 2 is 2.03 bits per heavy atom. The number of fused-ring (bicyclic) bond motifs is 2. The molecule has 0 saturated heterocycles. The Balaban J connectivity index is 1.61. The van der Waals surface area contributed by atoms with Crippen LogP contribution in [0.15, 0.2) is 65.2 Å². The van der Waals surface area contributed by atoms with Crippen molar-refractivity contribution in [2.75, 3.05) is 12.0 Å². The number of amides is 1. The summed E-state index contributed by atoms with van der Waals surface area (Å²) in [5.41, 5.74) is 1.03. The molecule has 0 aliphatic carbocycles. The van der Waals surface area contributed by atoms with Gasteiger partial charge in [-0.2, -0.15) is 0 Å². The zero-order valence-electron chi connectivity index (χ0n) is 16.7. The number of anilines is 1. The topological polar surface area (TPSA) is 68.5 Å². The lowest BCUT2D eigenvalue weighted by atomic mass is 10.2. The molecule has 3 heterocycles. The smallest absolute Gasteiger partial charge is 0.296 e. The van der Waals surface area contributed by atoms with E-state index in [1.54, 1.807) is 48.7 Å². The van der Waals surface area contributed by atoms with Crippen molar-refractivity contribution in [2.45, 2.75) is 6.54 Å². The molecule has 1 amide bonds. The minimum Gasteiger partial charge on any atom is -0.493 e. The number of hydrogen-bond donors (Lipinski definition) is 0. The fourth-order valence-electron chi connectivity index (χ4n) is 3.38. The molecule has 0 unspecified atom stereocenters. The highest BCUT2D eigenvalue weighted by Gasteiger charge is 2.26. The monoisotopic (exact) mass is 451 g/mol. The highest BCUT2D eigenvalue weighted by atomic mass is 32.1. The Morgan fingerprint density at radius 1 is 1.16 bits per heavy atom. The molecule has 5 aromatic rings. The summed E-state index contributed by atoms with van der Waals surface area (Å²) >= 11 is 1.01. The van der Waals surface area contributed by atoms with E-state index in [1.165, 1.54) is 18.1 Å². The van der Waals surface area contributed by atoms with Crippen molar-refractivity contribution in [1.82, 2.24) is 9.97 Å². The third kappa shape index (κ3) is 3.56. The van der Waals surface area contributed by atoms with Crippen molar-refractivity contribution in [3.8, 4) is 5.75 Å². The van der Waals surface area contributed by atoms with Gasteiger partial charge < -0.3 is 9.15 Å². The number of nitrogens with zero attached hydrogens (tertiary/aromatic N) is 3. The highest BCUT2D eigenvalue weighted by Crippen LogP contribution is 2.34. The van der Waals surface area contributed by atoms with Gasteiger partial charge >= 0.3 is 0 Å². The molecule has 9 heteroatoms. The van der Waals surface area contributed by atoms with Crippen molar-refractivity contribution in [3.05, 3.63) is 83.9 Å². The van der Waals surface area contributed by atoms with Crippen LogP contribution in [-0.2, 0) is 6.54 Å². The predicted molar refractivity (Wildman–Crippen MR) is 117 cm³/mol. The third-order valence-corrected chi connectivity index (χ3v) is 5.89. The van der Waals surface area contributed by atoms with Crippen LogP contribution in [0.4, 0.5) is 13.9 Å². The maximum Gasteiger partial charge on any atom is 0.296 e. The molecule has 0 N–H and O–H groups in total. The van der Waals surface area contributed by atoms with Crippen molar-refractivity contribution in [2.24, 2.45) is 0 Å². The molecular weight excluding hydrogens is 436 g/mol. The normalized spacial score (nSPS) is 11.2. The molecule has 6 nitrogen and oxygen atoms in total. The van der Waals surface area contributed by atoms with Gasteiger partial charge in [0, 0.05) is 17.6 Å². The number of carbonyl (C=O) groups is 1. The van der Waals surface area contributed by atoms with Crippen molar-refractivity contribution >= 4 is 43.6 Å². The van der Waals surface area contributed by atoms with E-state index < -0.39 is 17.5 Å². The average Bonchev–Trinajstić information content (AvgIpc) is 3.42. The fraction of sp³-hybridized carbons (Fsp3) is 0.0870. The minimum absolute atomic E-state index is 0.00324. The molecule has 0 bridgehead atoms. The van der Waals surface area contributed by atoms with E-state index in [0.29, 0.717) is 27.1 Å². The number of halogens is 2. The van der Waals surface area contributed by atoms with Crippen molar-refractivity contribution in [3.63, 3.8) is 0 Å². The zero-order chi connectivity index (χ0) is 22.2. The van der Waals surface area contributed by atoms with Crippen LogP contribution in [0.5, 0.6) is 5.75 Å². The molecule has 2 aromatic carbocycles. The van der Waals surface area contributed by atoms with Crippen LogP contribution in [0.25, 0.3) is 21.2 Å². The summed E-state index contributed by atoms with van der Waals surface area (Å²) in [7, 11) is 1.51. The number of aromatic nitrogens is 2. The number of methoxy groups -OCH3 is 1. The summed E-state index contributed by atoms with van der Waals surface area (Å²) in [5.74, 6) is -1.44. The van der Waals surface area contributed by atoms with Crippen LogP contribution in [0.1, 0.15) is 16.2 Å². The first-order chi connectivity index (χ1) is 15.5. The maximum absolute atomic E-state index is 14.3. The largest absolute Gasteiger partial charge is 0.493 e. The van der Waals surface area contributed by atoms with E-state index in [9.17, 15) is 13.6 Å². The molecule has 3 aromatic heterocycles. The van der Waals surface area contributed by atoms with Crippen molar-refractivity contribution in [1.29, 1.82) is 0 Å². The van der Waals surface area contributed by atoms with Crippen LogP contribution in [-0.4, -0.2) is 23.0 Å². The SMILES string of the molecule is COc1cccc2cc(C(=O)N(Cc3ccccn3)c3nc4c(F)cc(F)cc4s3)oc12. The quantitative estimate of drug-likeness (QED) is 0.349. The Morgan fingerprint density at radius 3 is 2.81 bits per heavy atom. The van der Waals surface area contributed by atoms with Gasteiger partial charge in [0.05, 0.1) is 24.0 Å². The number of benzene rings is 2. The second-order valence-corrected chi connectivity index (χ2v) is 7.94. The first-order valence-corrected chi connectivity index (χ1v) is 10.4. The molecule has 0 atom stereocenters. The maximum atomic E-state index is 14.3. The predicted octanol–water partition coefficient (Wildman–Crippen LogP) is 5.57. The van der Waals surface area contributed by atoms with Gasteiger partial charge in [0.2, 0.25) is 0 Å². The summed E-state index contributed by atoms with van der Waals surface area (Å²) in [6.07, 6.45) is 1.61. The van der Waals surface area contributed by atoms with E-state index in [2.05, 4.69) is 9.97 Å². The van der Waals surface area contributed by atoms with Crippen LogP contribution < -0.4 is 9.64 Å². The lowest BCUT2D eigenvalue weighted by molar-refractivity contribution is 0.0960. The van der Waals surface area contributed by atoms with Gasteiger partial charge in [-0.05, 0) is 30.3 Å². The average molecular weight is 451 g/mol. The Bertz CT molecular complexity index is 1450. The molecule has 0 aliphatic heterocycles. The third-order valence-electron chi connectivity index (χ3n) is 4.86. The van der Waals surface area contributed by atoms with Crippen molar-refractivity contribution < 1.29 is 22.7 Å². The van der Waals surface area contributed by atoms with Gasteiger partial charge in [-0.3, -0.25) is 14.7 Å². The summed E-state index contributed by atoms with van der Waals surface area (Å²) in [6, 6.07) is 14.2. The van der Waals surface area contributed by atoms with Gasteiger partial charge in [0.15, 0.2) is 28.0 Å². The van der Waals surface area contributed by atoms with Crippen LogP contribution in [0.2, 0.25) is 0 Å². The van der Waals surface area contributed by atoms with Gasteiger partial charge in [0.25, 0.3) is 5.91 Å². The zero-order valence-corrected chi connectivity index (χ0v) is 17.5.